The van der Waals surface area contributed by atoms with Crippen LogP contribution in [-0.2, 0) is 16.1 Å². The van der Waals surface area contributed by atoms with E-state index in [1.165, 1.54) is 11.3 Å². The molecule has 50 heavy (non-hydrogen) atoms. The molecule has 250 valence electrons. The van der Waals surface area contributed by atoms with Crippen molar-refractivity contribution in [1.82, 2.24) is 4.57 Å². The fourth-order valence-electron chi connectivity index (χ4n) is 6.22. The summed E-state index contributed by atoms with van der Waals surface area (Å²) in [6.07, 6.45) is 1.82. The molecule has 0 spiro atoms. The summed E-state index contributed by atoms with van der Waals surface area (Å²) < 4.78 is 25.1. The van der Waals surface area contributed by atoms with E-state index in [-0.39, 0.29) is 17.7 Å². The average molecular weight is 683 g/mol. The van der Waals surface area contributed by atoms with Crippen molar-refractivity contribution in [1.29, 1.82) is 0 Å². The van der Waals surface area contributed by atoms with Crippen LogP contribution in [0.4, 0.5) is 0 Å². The number of aromatic nitrogens is 1. The predicted octanol–water partition coefficient (Wildman–Crippen LogP) is 6.69. The molecule has 1 aliphatic rings. The highest BCUT2D eigenvalue weighted by Gasteiger charge is 2.35. The number of thiazole rings is 1. The Balaban J connectivity index is 1.39. The van der Waals surface area contributed by atoms with Gasteiger partial charge in [0, 0.05) is 11.1 Å². The third-order valence-corrected chi connectivity index (χ3v) is 9.55. The number of hydrogen-bond acceptors (Lipinski definition) is 8. The first kappa shape index (κ1) is 32.6. The zero-order valence-electron chi connectivity index (χ0n) is 27.8. The molecule has 1 aromatic heterocycles. The summed E-state index contributed by atoms with van der Waals surface area (Å²) in [6.45, 7) is 2.26. The first-order valence-corrected chi connectivity index (χ1v) is 17.0. The van der Waals surface area contributed by atoms with Gasteiger partial charge in [-0.2, -0.15) is 0 Å². The standard InChI is InChI=1S/C41H34N2O6S/c1-4-48-40(45)36-37(27-14-6-5-7-15-27)42-41-43(38(36)29-21-22-33(46-2)34(23-29)47-3)39(44)35(50-41)24-28-16-9-11-20-32(28)49-25-30-18-12-17-26-13-8-10-19-31(26)30/h5-24,38H,4,25H2,1-3H3/b35-24+/t38-/m1/s1. The SMILES string of the molecule is CCOC(=O)C1=C(c2ccccc2)N=c2s/c(=C/c3ccccc3OCc3cccc4ccccc34)c(=O)n2[C@@H]1c1ccc(OC)c(OC)c1. The maximum absolute atomic E-state index is 14.5. The first-order chi connectivity index (χ1) is 24.5. The summed E-state index contributed by atoms with van der Waals surface area (Å²) >= 11 is 1.25. The van der Waals surface area contributed by atoms with Crippen LogP contribution < -0.4 is 29.1 Å². The van der Waals surface area contributed by atoms with Crippen LogP contribution in [0.2, 0.25) is 0 Å². The Labute approximate surface area is 292 Å². The molecular weight excluding hydrogens is 649 g/mol. The van der Waals surface area contributed by atoms with E-state index in [4.69, 9.17) is 23.9 Å². The van der Waals surface area contributed by atoms with Crippen LogP contribution in [0.3, 0.4) is 0 Å². The molecule has 2 heterocycles. The fraction of sp³-hybridized carbons (Fsp3) is 0.146. The van der Waals surface area contributed by atoms with Gasteiger partial charge < -0.3 is 18.9 Å². The van der Waals surface area contributed by atoms with E-state index in [1.54, 1.807) is 37.8 Å². The maximum Gasteiger partial charge on any atom is 0.338 e. The smallest absolute Gasteiger partial charge is 0.338 e. The lowest BCUT2D eigenvalue weighted by Crippen LogP contribution is -2.40. The third-order valence-electron chi connectivity index (χ3n) is 8.57. The van der Waals surface area contributed by atoms with Crippen molar-refractivity contribution >= 4 is 39.9 Å². The fourth-order valence-corrected chi connectivity index (χ4v) is 7.22. The Kier molecular flexibility index (Phi) is 9.31. The summed E-state index contributed by atoms with van der Waals surface area (Å²) in [5, 5.41) is 2.27. The Morgan fingerprint density at radius 2 is 1.58 bits per heavy atom. The van der Waals surface area contributed by atoms with Crippen LogP contribution >= 0.6 is 11.3 Å². The highest BCUT2D eigenvalue weighted by atomic mass is 32.1. The third kappa shape index (κ3) is 6.19. The zero-order chi connectivity index (χ0) is 34.6. The summed E-state index contributed by atoms with van der Waals surface area (Å²) in [7, 11) is 3.10. The van der Waals surface area contributed by atoms with Crippen molar-refractivity contribution in [2.45, 2.75) is 19.6 Å². The molecule has 0 bridgehead atoms. The van der Waals surface area contributed by atoms with Crippen molar-refractivity contribution in [3.05, 3.63) is 163 Å². The Hall–Kier alpha value is -5.93. The van der Waals surface area contributed by atoms with Crippen molar-refractivity contribution in [2.75, 3.05) is 20.8 Å². The minimum absolute atomic E-state index is 0.156. The highest BCUT2D eigenvalue weighted by Crippen LogP contribution is 2.38. The van der Waals surface area contributed by atoms with Crippen LogP contribution in [0.5, 0.6) is 17.2 Å². The molecule has 8 nitrogen and oxygen atoms in total. The number of carbonyl (C=O) groups excluding carboxylic acids is 1. The molecular formula is C41H34N2O6S. The quantitative estimate of drug-likeness (QED) is 0.150. The molecule has 0 N–H and O–H groups in total. The van der Waals surface area contributed by atoms with Crippen LogP contribution in [0.25, 0.3) is 22.5 Å². The minimum Gasteiger partial charge on any atom is -0.493 e. The van der Waals surface area contributed by atoms with Crippen LogP contribution in [0, 0.1) is 0 Å². The topological polar surface area (TPSA) is 88.4 Å². The van der Waals surface area contributed by atoms with E-state index >= 15 is 0 Å². The van der Waals surface area contributed by atoms with E-state index in [9.17, 15) is 9.59 Å². The number of nitrogens with zero attached hydrogens (tertiary/aromatic N) is 2. The molecule has 1 aliphatic heterocycles. The number of rotatable bonds is 10. The lowest BCUT2D eigenvalue weighted by Gasteiger charge is -2.26. The number of fused-ring (bicyclic) bond motifs is 2. The number of ether oxygens (including phenoxy) is 4. The summed E-state index contributed by atoms with van der Waals surface area (Å²) in [4.78, 5) is 33.7. The minimum atomic E-state index is -0.861. The van der Waals surface area contributed by atoms with E-state index in [1.807, 2.05) is 84.9 Å². The molecule has 0 radical (unpaired) electrons. The predicted molar refractivity (Wildman–Crippen MR) is 195 cm³/mol. The van der Waals surface area contributed by atoms with E-state index in [0.717, 1.165) is 27.5 Å². The molecule has 0 saturated carbocycles. The molecule has 0 saturated heterocycles. The molecule has 9 heteroatoms. The molecule has 0 fully saturated rings. The lowest BCUT2D eigenvalue weighted by atomic mass is 9.93. The Morgan fingerprint density at radius 3 is 2.38 bits per heavy atom. The van der Waals surface area contributed by atoms with Gasteiger partial charge in [0.2, 0.25) is 0 Å². The first-order valence-electron chi connectivity index (χ1n) is 16.2. The molecule has 6 aromatic rings. The van der Waals surface area contributed by atoms with Gasteiger partial charge in [-0.25, -0.2) is 9.79 Å². The van der Waals surface area contributed by atoms with E-state index in [0.29, 0.717) is 44.4 Å². The summed E-state index contributed by atoms with van der Waals surface area (Å²) in [6, 6.07) is 36.0. The Morgan fingerprint density at radius 1 is 0.840 bits per heavy atom. The van der Waals surface area contributed by atoms with E-state index in [2.05, 4.69) is 24.3 Å². The lowest BCUT2D eigenvalue weighted by molar-refractivity contribution is -0.138. The summed E-state index contributed by atoms with van der Waals surface area (Å²) in [5.74, 6) is 1.07. The number of methoxy groups -OCH3 is 2. The molecule has 0 amide bonds. The van der Waals surface area contributed by atoms with Crippen molar-refractivity contribution in [3.8, 4) is 17.2 Å². The monoisotopic (exact) mass is 682 g/mol. The van der Waals surface area contributed by atoms with Gasteiger partial charge in [-0.15, -0.1) is 0 Å². The highest BCUT2D eigenvalue weighted by molar-refractivity contribution is 7.07. The van der Waals surface area contributed by atoms with E-state index < -0.39 is 12.0 Å². The maximum atomic E-state index is 14.5. The average Bonchev–Trinajstić information content (AvgIpc) is 3.47. The van der Waals surface area contributed by atoms with Crippen molar-refractivity contribution < 1.29 is 23.7 Å². The van der Waals surface area contributed by atoms with Crippen LogP contribution in [-0.4, -0.2) is 31.4 Å². The molecule has 0 aliphatic carbocycles. The normalized spacial score (nSPS) is 14.2. The second-order valence-corrected chi connectivity index (χ2v) is 12.5. The largest absolute Gasteiger partial charge is 0.493 e. The zero-order valence-corrected chi connectivity index (χ0v) is 28.6. The number of benzene rings is 5. The van der Waals surface area contributed by atoms with Gasteiger partial charge in [-0.3, -0.25) is 9.36 Å². The number of para-hydroxylation sites is 1. The summed E-state index contributed by atoms with van der Waals surface area (Å²) in [5.41, 5.74) is 3.57. The van der Waals surface area contributed by atoms with Crippen molar-refractivity contribution in [3.63, 3.8) is 0 Å². The number of hydrogen-bond donors (Lipinski definition) is 0. The van der Waals surface area contributed by atoms with Gasteiger partial charge >= 0.3 is 5.97 Å². The Bertz CT molecular complexity index is 2420. The number of esters is 1. The second kappa shape index (κ2) is 14.3. The van der Waals surface area contributed by atoms with Gasteiger partial charge in [-0.05, 0) is 53.1 Å². The molecule has 7 rings (SSSR count). The van der Waals surface area contributed by atoms with Gasteiger partial charge in [0.15, 0.2) is 16.3 Å². The van der Waals surface area contributed by atoms with Gasteiger partial charge in [-0.1, -0.05) is 108 Å². The van der Waals surface area contributed by atoms with Crippen LogP contribution in [0.1, 0.15) is 35.2 Å². The van der Waals surface area contributed by atoms with Crippen LogP contribution in [0.15, 0.2) is 131 Å². The second-order valence-electron chi connectivity index (χ2n) is 11.5. The van der Waals surface area contributed by atoms with Crippen molar-refractivity contribution in [2.24, 2.45) is 4.99 Å². The molecule has 0 unspecified atom stereocenters. The molecule has 1 atom stereocenters. The van der Waals surface area contributed by atoms with Gasteiger partial charge in [0.25, 0.3) is 5.56 Å². The van der Waals surface area contributed by atoms with Gasteiger partial charge in [0.1, 0.15) is 12.4 Å². The number of carbonyl (C=O) groups is 1. The van der Waals surface area contributed by atoms with Gasteiger partial charge in [0.05, 0.1) is 42.7 Å². The molecule has 5 aromatic carbocycles.